The lowest BCUT2D eigenvalue weighted by atomic mass is 10.2. The topological polar surface area (TPSA) is 78.0 Å². The van der Waals surface area contributed by atoms with E-state index in [1.165, 1.54) is 17.7 Å². The Morgan fingerprint density at radius 1 is 1.25 bits per heavy atom. The van der Waals surface area contributed by atoms with Gasteiger partial charge in [-0.15, -0.1) is 0 Å². The average molecular weight is 426 g/mol. The van der Waals surface area contributed by atoms with Gasteiger partial charge < -0.3 is 4.57 Å². The number of fused-ring (bicyclic) bond motifs is 1. The van der Waals surface area contributed by atoms with E-state index in [0.717, 1.165) is 27.4 Å². The Morgan fingerprint density at radius 3 is 2.67 bits per heavy atom. The monoisotopic (exact) mass is 425 g/mol. The van der Waals surface area contributed by atoms with Crippen LogP contribution in [0.15, 0.2) is 57.0 Å². The first-order chi connectivity index (χ1) is 11.4. The second kappa shape index (κ2) is 6.87. The lowest BCUT2D eigenvalue weighted by molar-refractivity contribution is 0.598. The summed E-state index contributed by atoms with van der Waals surface area (Å²) < 4.78 is 26.2. The summed E-state index contributed by atoms with van der Waals surface area (Å²) in [6, 6.07) is 12.9. The summed E-state index contributed by atoms with van der Waals surface area (Å²) in [4.78, 5) is 4.67. The molecule has 0 radical (unpaired) electrons. The van der Waals surface area contributed by atoms with Gasteiger partial charge in [0, 0.05) is 16.8 Å². The van der Waals surface area contributed by atoms with Gasteiger partial charge in [0.2, 0.25) is 10.0 Å². The maximum atomic E-state index is 11.5. The standard InChI is InChI=1S/C16H16BrN3O2S2/c1-2-20-15-8-7-12(24(18,21)22)9-14(15)19-16(20)23-10-11-5-3-4-6-13(11)17/h3-9H,2,10H2,1H3,(H2,18,21,22). The zero-order chi connectivity index (χ0) is 17.3. The molecule has 126 valence electrons. The number of nitrogens with zero attached hydrogens (tertiary/aromatic N) is 2. The first kappa shape index (κ1) is 17.5. The smallest absolute Gasteiger partial charge is 0.238 e. The van der Waals surface area contributed by atoms with Crippen LogP contribution in [0.5, 0.6) is 0 Å². The summed E-state index contributed by atoms with van der Waals surface area (Å²) in [6.45, 7) is 2.79. The molecule has 5 nitrogen and oxygen atoms in total. The molecule has 0 aliphatic rings. The van der Waals surface area contributed by atoms with E-state index in [2.05, 4.69) is 31.5 Å². The Morgan fingerprint density at radius 2 is 2.00 bits per heavy atom. The predicted molar refractivity (Wildman–Crippen MR) is 100 cm³/mol. The molecule has 1 aromatic heterocycles. The molecule has 0 saturated carbocycles. The van der Waals surface area contributed by atoms with E-state index in [4.69, 9.17) is 5.14 Å². The van der Waals surface area contributed by atoms with Gasteiger partial charge in [0.05, 0.1) is 15.9 Å². The first-order valence-electron chi connectivity index (χ1n) is 7.29. The summed E-state index contributed by atoms with van der Waals surface area (Å²) in [5.41, 5.74) is 2.72. The Labute approximate surface area is 153 Å². The number of benzene rings is 2. The lowest BCUT2D eigenvalue weighted by Crippen LogP contribution is -2.11. The fraction of sp³-hybridized carbons (Fsp3) is 0.188. The molecule has 0 atom stereocenters. The number of thioether (sulfide) groups is 1. The Bertz CT molecular complexity index is 1000. The van der Waals surface area contributed by atoms with Crippen molar-refractivity contribution in [2.24, 2.45) is 5.14 Å². The van der Waals surface area contributed by atoms with E-state index < -0.39 is 10.0 Å². The number of nitrogens with two attached hydrogens (primary N) is 1. The minimum absolute atomic E-state index is 0.0816. The second-order valence-electron chi connectivity index (χ2n) is 5.21. The van der Waals surface area contributed by atoms with Crippen LogP contribution in [0.2, 0.25) is 0 Å². The van der Waals surface area contributed by atoms with Gasteiger partial charge in [0.15, 0.2) is 5.16 Å². The first-order valence-corrected chi connectivity index (χ1v) is 10.6. The van der Waals surface area contributed by atoms with E-state index in [1.54, 1.807) is 17.8 Å². The van der Waals surface area contributed by atoms with Crippen molar-refractivity contribution in [2.45, 2.75) is 29.3 Å². The molecule has 2 aromatic carbocycles. The third-order valence-electron chi connectivity index (χ3n) is 3.64. The van der Waals surface area contributed by atoms with E-state index >= 15 is 0 Å². The van der Waals surface area contributed by atoms with Crippen LogP contribution < -0.4 is 5.14 Å². The van der Waals surface area contributed by atoms with Crippen LogP contribution in [0, 0.1) is 0 Å². The van der Waals surface area contributed by atoms with E-state index in [0.29, 0.717) is 5.52 Å². The number of aromatic nitrogens is 2. The minimum Gasteiger partial charge on any atom is -0.319 e. The van der Waals surface area contributed by atoms with Gasteiger partial charge in [-0.25, -0.2) is 18.5 Å². The van der Waals surface area contributed by atoms with Gasteiger partial charge in [-0.1, -0.05) is 45.9 Å². The fourth-order valence-electron chi connectivity index (χ4n) is 2.44. The van der Waals surface area contributed by atoms with Gasteiger partial charge in [-0.05, 0) is 36.8 Å². The van der Waals surface area contributed by atoms with Crippen LogP contribution in [-0.2, 0) is 22.3 Å². The molecule has 0 amide bonds. The van der Waals surface area contributed by atoms with Crippen molar-refractivity contribution in [1.29, 1.82) is 0 Å². The number of primary sulfonamides is 1. The second-order valence-corrected chi connectivity index (χ2v) is 8.57. The molecule has 0 unspecified atom stereocenters. The highest BCUT2D eigenvalue weighted by Crippen LogP contribution is 2.30. The van der Waals surface area contributed by atoms with E-state index in [1.807, 2.05) is 25.1 Å². The molecule has 0 fully saturated rings. The number of hydrogen-bond donors (Lipinski definition) is 1. The molecule has 1 heterocycles. The number of halogens is 1. The van der Waals surface area contributed by atoms with Crippen molar-refractivity contribution in [1.82, 2.24) is 9.55 Å². The molecule has 0 aliphatic heterocycles. The normalized spacial score (nSPS) is 12.0. The summed E-state index contributed by atoms with van der Waals surface area (Å²) >= 11 is 5.17. The summed E-state index contributed by atoms with van der Waals surface area (Å²) in [5.74, 6) is 0.771. The van der Waals surface area contributed by atoms with Crippen molar-refractivity contribution in [3.63, 3.8) is 0 Å². The zero-order valence-electron chi connectivity index (χ0n) is 12.9. The number of sulfonamides is 1. The van der Waals surface area contributed by atoms with Gasteiger partial charge in [0.1, 0.15) is 0 Å². The number of hydrogen-bond acceptors (Lipinski definition) is 4. The highest BCUT2D eigenvalue weighted by Gasteiger charge is 2.14. The quantitative estimate of drug-likeness (QED) is 0.631. The van der Waals surface area contributed by atoms with Gasteiger partial charge in [-0.2, -0.15) is 0 Å². The molecule has 2 N–H and O–H groups in total. The van der Waals surface area contributed by atoms with Gasteiger partial charge in [-0.3, -0.25) is 0 Å². The summed E-state index contributed by atoms with van der Waals surface area (Å²) in [7, 11) is -3.73. The highest BCUT2D eigenvalue weighted by molar-refractivity contribution is 9.10. The molecule has 24 heavy (non-hydrogen) atoms. The minimum atomic E-state index is -3.73. The van der Waals surface area contributed by atoms with Crippen LogP contribution in [0.1, 0.15) is 12.5 Å². The maximum Gasteiger partial charge on any atom is 0.238 e. The molecular formula is C16H16BrN3O2S2. The van der Waals surface area contributed by atoms with Gasteiger partial charge >= 0.3 is 0 Å². The van der Waals surface area contributed by atoms with Crippen LogP contribution in [0.25, 0.3) is 11.0 Å². The Hall–Kier alpha value is -1.35. The molecule has 0 saturated heterocycles. The highest BCUT2D eigenvalue weighted by atomic mass is 79.9. The maximum absolute atomic E-state index is 11.5. The third kappa shape index (κ3) is 3.51. The fourth-order valence-corrected chi connectivity index (χ4v) is 4.66. The lowest BCUT2D eigenvalue weighted by Gasteiger charge is -2.07. The van der Waals surface area contributed by atoms with Crippen molar-refractivity contribution in [3.8, 4) is 0 Å². The Kier molecular flexibility index (Phi) is 5.00. The summed E-state index contributed by atoms with van der Waals surface area (Å²) in [5, 5.41) is 6.06. The van der Waals surface area contributed by atoms with Crippen molar-refractivity contribution < 1.29 is 8.42 Å². The average Bonchev–Trinajstić information content (AvgIpc) is 2.89. The number of aryl methyl sites for hydroxylation is 1. The van der Waals surface area contributed by atoms with Crippen LogP contribution >= 0.6 is 27.7 Å². The van der Waals surface area contributed by atoms with Gasteiger partial charge in [0.25, 0.3) is 0 Å². The van der Waals surface area contributed by atoms with Crippen molar-refractivity contribution in [3.05, 3.63) is 52.5 Å². The van der Waals surface area contributed by atoms with E-state index in [-0.39, 0.29) is 4.90 Å². The number of imidazole rings is 1. The molecule has 8 heteroatoms. The largest absolute Gasteiger partial charge is 0.319 e. The number of rotatable bonds is 5. The predicted octanol–water partition coefficient (Wildman–Crippen LogP) is 3.76. The van der Waals surface area contributed by atoms with Crippen LogP contribution in [-0.4, -0.2) is 18.0 Å². The van der Waals surface area contributed by atoms with Crippen LogP contribution in [0.3, 0.4) is 0 Å². The molecule has 0 aliphatic carbocycles. The van der Waals surface area contributed by atoms with Crippen molar-refractivity contribution >= 4 is 48.7 Å². The van der Waals surface area contributed by atoms with Crippen LogP contribution in [0.4, 0.5) is 0 Å². The molecular weight excluding hydrogens is 410 g/mol. The SMILES string of the molecule is CCn1c(SCc2ccccc2Br)nc2cc(S(N)(=O)=O)ccc21. The zero-order valence-corrected chi connectivity index (χ0v) is 16.2. The molecule has 3 aromatic rings. The molecule has 0 spiro atoms. The Balaban J connectivity index is 1.97. The third-order valence-corrected chi connectivity index (χ3v) is 6.35. The summed E-state index contributed by atoms with van der Waals surface area (Å²) in [6.07, 6.45) is 0. The molecule has 0 bridgehead atoms. The molecule has 3 rings (SSSR count). The van der Waals surface area contributed by atoms with E-state index in [9.17, 15) is 8.42 Å². The van der Waals surface area contributed by atoms with Crippen molar-refractivity contribution in [2.75, 3.05) is 0 Å².